The number of amides is 2. The average molecular weight is 404 g/mol. The van der Waals surface area contributed by atoms with Crippen LogP contribution >= 0.6 is 22.7 Å². The summed E-state index contributed by atoms with van der Waals surface area (Å²) < 4.78 is 0. The van der Waals surface area contributed by atoms with Gasteiger partial charge in [-0.15, -0.1) is 22.7 Å². The molecule has 1 aliphatic heterocycles. The van der Waals surface area contributed by atoms with Gasteiger partial charge in [0.15, 0.2) is 0 Å². The molecule has 0 spiro atoms. The van der Waals surface area contributed by atoms with Crippen molar-refractivity contribution in [2.75, 3.05) is 13.1 Å². The van der Waals surface area contributed by atoms with Crippen LogP contribution < -0.4 is 5.32 Å². The summed E-state index contributed by atoms with van der Waals surface area (Å²) in [5.74, 6) is 0.521. The van der Waals surface area contributed by atoms with Gasteiger partial charge in [-0.3, -0.25) is 9.59 Å². The van der Waals surface area contributed by atoms with E-state index in [4.69, 9.17) is 0 Å². The summed E-state index contributed by atoms with van der Waals surface area (Å²) in [7, 11) is 0. The summed E-state index contributed by atoms with van der Waals surface area (Å²) in [4.78, 5) is 33.3. The SMILES string of the molecule is O=C(NC1CCN(C(=O)C2CCCCC2)CC1)c1cnc(-c2cccs2)s1. The predicted molar refractivity (Wildman–Crippen MR) is 109 cm³/mol. The molecular formula is C20H25N3O2S2. The zero-order valence-electron chi connectivity index (χ0n) is 15.4. The van der Waals surface area contributed by atoms with Crippen LogP contribution in [0, 0.1) is 5.92 Å². The van der Waals surface area contributed by atoms with Crippen molar-refractivity contribution in [1.29, 1.82) is 0 Å². The van der Waals surface area contributed by atoms with E-state index < -0.39 is 0 Å². The molecule has 27 heavy (non-hydrogen) atoms. The van der Waals surface area contributed by atoms with Crippen molar-refractivity contribution >= 4 is 34.5 Å². The molecule has 3 heterocycles. The number of nitrogens with zero attached hydrogens (tertiary/aromatic N) is 2. The second kappa shape index (κ2) is 8.52. The molecule has 2 aromatic rings. The maximum Gasteiger partial charge on any atom is 0.263 e. The van der Waals surface area contributed by atoms with E-state index in [1.807, 2.05) is 22.4 Å². The number of nitrogens with one attached hydrogen (secondary N) is 1. The van der Waals surface area contributed by atoms with Gasteiger partial charge in [-0.1, -0.05) is 25.3 Å². The Balaban J connectivity index is 1.27. The molecule has 1 aliphatic carbocycles. The zero-order chi connectivity index (χ0) is 18.6. The number of piperidine rings is 1. The van der Waals surface area contributed by atoms with E-state index in [2.05, 4.69) is 10.3 Å². The Labute approximate surface area is 167 Å². The molecule has 0 bridgehead atoms. The highest BCUT2D eigenvalue weighted by molar-refractivity contribution is 7.21. The first-order chi connectivity index (χ1) is 13.2. The molecule has 2 aliphatic rings. The summed E-state index contributed by atoms with van der Waals surface area (Å²) in [6.07, 6.45) is 9.07. The number of hydrogen-bond acceptors (Lipinski definition) is 5. The van der Waals surface area contributed by atoms with Crippen LogP contribution in [0.2, 0.25) is 0 Å². The third kappa shape index (κ3) is 4.41. The molecule has 4 rings (SSSR count). The molecule has 1 saturated carbocycles. The maximum atomic E-state index is 12.7. The number of rotatable bonds is 4. The monoisotopic (exact) mass is 403 g/mol. The average Bonchev–Trinajstić information content (AvgIpc) is 3.40. The molecule has 1 N–H and O–H groups in total. The van der Waals surface area contributed by atoms with Crippen LogP contribution in [-0.4, -0.2) is 40.8 Å². The lowest BCUT2D eigenvalue weighted by atomic mass is 9.87. The normalized spacial score (nSPS) is 19.2. The molecule has 2 aromatic heterocycles. The number of thiophene rings is 1. The number of thiazole rings is 1. The lowest BCUT2D eigenvalue weighted by Gasteiger charge is -2.35. The van der Waals surface area contributed by atoms with Crippen molar-refractivity contribution in [1.82, 2.24) is 15.2 Å². The van der Waals surface area contributed by atoms with Crippen molar-refractivity contribution in [3.05, 3.63) is 28.6 Å². The number of hydrogen-bond donors (Lipinski definition) is 1. The van der Waals surface area contributed by atoms with E-state index in [1.54, 1.807) is 17.5 Å². The first kappa shape index (κ1) is 18.6. The summed E-state index contributed by atoms with van der Waals surface area (Å²) in [6, 6.07) is 4.15. The van der Waals surface area contributed by atoms with Gasteiger partial charge in [0.2, 0.25) is 5.91 Å². The number of carbonyl (C=O) groups excluding carboxylic acids is 2. The van der Waals surface area contributed by atoms with Crippen LogP contribution in [0.5, 0.6) is 0 Å². The Bertz CT molecular complexity index is 773. The predicted octanol–water partition coefficient (Wildman–Crippen LogP) is 4.17. The molecule has 1 saturated heterocycles. The van der Waals surface area contributed by atoms with Gasteiger partial charge in [0.25, 0.3) is 5.91 Å². The molecule has 0 aromatic carbocycles. The van der Waals surface area contributed by atoms with Crippen LogP contribution in [0.1, 0.15) is 54.6 Å². The molecule has 0 unspecified atom stereocenters. The third-order valence-corrected chi connectivity index (χ3v) is 7.59. The molecular weight excluding hydrogens is 378 g/mol. The minimum Gasteiger partial charge on any atom is -0.348 e. The molecule has 2 fully saturated rings. The van der Waals surface area contributed by atoms with Crippen LogP contribution in [0.4, 0.5) is 0 Å². The topological polar surface area (TPSA) is 62.3 Å². The van der Waals surface area contributed by atoms with Crippen LogP contribution in [0.25, 0.3) is 9.88 Å². The minimum absolute atomic E-state index is 0.0487. The number of aromatic nitrogens is 1. The highest BCUT2D eigenvalue weighted by atomic mass is 32.1. The van der Waals surface area contributed by atoms with Gasteiger partial charge in [0.05, 0.1) is 11.1 Å². The summed E-state index contributed by atoms with van der Waals surface area (Å²) in [5, 5.41) is 6.03. The van der Waals surface area contributed by atoms with Crippen molar-refractivity contribution in [2.45, 2.75) is 51.0 Å². The first-order valence-electron chi connectivity index (χ1n) is 9.80. The highest BCUT2D eigenvalue weighted by Gasteiger charge is 2.29. The molecule has 0 atom stereocenters. The Morgan fingerprint density at radius 1 is 1.11 bits per heavy atom. The van der Waals surface area contributed by atoms with E-state index in [-0.39, 0.29) is 17.9 Å². The fourth-order valence-corrected chi connectivity index (χ4v) is 5.62. The van der Waals surface area contributed by atoms with Gasteiger partial charge < -0.3 is 10.2 Å². The van der Waals surface area contributed by atoms with Crippen LogP contribution in [0.3, 0.4) is 0 Å². The largest absolute Gasteiger partial charge is 0.348 e. The molecule has 2 amide bonds. The van der Waals surface area contributed by atoms with Crippen molar-refractivity contribution in [2.24, 2.45) is 5.92 Å². The van der Waals surface area contributed by atoms with E-state index in [9.17, 15) is 9.59 Å². The molecule has 7 heteroatoms. The standard InChI is InChI=1S/C20H25N3O2S2/c24-18(17-13-21-19(27-17)16-7-4-12-26-16)22-15-8-10-23(11-9-15)20(25)14-5-2-1-3-6-14/h4,7,12-15H,1-3,5-6,8-11H2,(H,22,24). The maximum absolute atomic E-state index is 12.7. The fourth-order valence-electron chi connectivity index (χ4n) is 4.00. The quantitative estimate of drug-likeness (QED) is 0.833. The zero-order valence-corrected chi connectivity index (χ0v) is 17.0. The fraction of sp³-hybridized carbons (Fsp3) is 0.550. The number of likely N-dealkylation sites (tertiary alicyclic amines) is 1. The summed E-state index contributed by atoms with van der Waals surface area (Å²) >= 11 is 3.06. The van der Waals surface area contributed by atoms with Gasteiger partial charge >= 0.3 is 0 Å². The molecule has 0 radical (unpaired) electrons. The molecule has 5 nitrogen and oxygen atoms in total. The van der Waals surface area contributed by atoms with Gasteiger partial charge in [0, 0.05) is 25.0 Å². The smallest absolute Gasteiger partial charge is 0.263 e. The lowest BCUT2D eigenvalue weighted by Crippen LogP contribution is -2.48. The minimum atomic E-state index is -0.0487. The van der Waals surface area contributed by atoms with E-state index >= 15 is 0 Å². The van der Waals surface area contributed by atoms with Crippen LogP contribution in [0.15, 0.2) is 23.7 Å². The first-order valence-corrected chi connectivity index (χ1v) is 11.5. The van der Waals surface area contributed by atoms with E-state index in [0.29, 0.717) is 10.8 Å². The van der Waals surface area contributed by atoms with Crippen molar-refractivity contribution < 1.29 is 9.59 Å². The molecule has 144 valence electrons. The second-order valence-electron chi connectivity index (χ2n) is 7.41. The van der Waals surface area contributed by atoms with Crippen LogP contribution in [-0.2, 0) is 4.79 Å². The lowest BCUT2D eigenvalue weighted by molar-refractivity contribution is -0.137. The third-order valence-electron chi connectivity index (χ3n) is 5.56. The summed E-state index contributed by atoms with van der Waals surface area (Å²) in [6.45, 7) is 1.51. The Kier molecular flexibility index (Phi) is 5.88. The Hall–Kier alpha value is -1.73. The van der Waals surface area contributed by atoms with Crippen molar-refractivity contribution in [3.8, 4) is 9.88 Å². The number of carbonyl (C=O) groups is 2. The summed E-state index contributed by atoms with van der Waals surface area (Å²) in [5.41, 5.74) is 0. The highest BCUT2D eigenvalue weighted by Crippen LogP contribution is 2.29. The van der Waals surface area contributed by atoms with Gasteiger partial charge in [-0.05, 0) is 37.1 Å². The van der Waals surface area contributed by atoms with E-state index in [1.165, 1.54) is 30.6 Å². The Morgan fingerprint density at radius 3 is 2.59 bits per heavy atom. The van der Waals surface area contributed by atoms with Gasteiger partial charge in [-0.2, -0.15) is 0 Å². The van der Waals surface area contributed by atoms with E-state index in [0.717, 1.165) is 48.7 Å². The van der Waals surface area contributed by atoms with Crippen molar-refractivity contribution in [3.63, 3.8) is 0 Å². The Morgan fingerprint density at radius 2 is 1.89 bits per heavy atom. The second-order valence-corrected chi connectivity index (χ2v) is 9.39. The van der Waals surface area contributed by atoms with Gasteiger partial charge in [-0.25, -0.2) is 4.98 Å². The van der Waals surface area contributed by atoms with Gasteiger partial charge in [0.1, 0.15) is 9.88 Å².